The van der Waals surface area contributed by atoms with E-state index in [4.69, 9.17) is 21.5 Å². The van der Waals surface area contributed by atoms with Gasteiger partial charge in [-0.15, -0.1) is 11.3 Å². The van der Waals surface area contributed by atoms with Gasteiger partial charge in [0.25, 0.3) is 0 Å². The fourth-order valence-corrected chi connectivity index (χ4v) is 4.48. The molecule has 3 aromatic rings. The maximum Gasteiger partial charge on any atom is 0.338 e. The Balaban J connectivity index is 1.74. The van der Waals surface area contributed by atoms with Crippen LogP contribution in [0.25, 0.3) is 0 Å². The summed E-state index contributed by atoms with van der Waals surface area (Å²) in [5.74, 6) is -0.978. The lowest BCUT2D eigenvalue weighted by molar-refractivity contribution is -0.115. The molecule has 11 heteroatoms. The maximum absolute atomic E-state index is 12.3. The summed E-state index contributed by atoms with van der Waals surface area (Å²) in [5, 5.41) is 7.09. The van der Waals surface area contributed by atoms with Crippen LogP contribution >= 0.6 is 22.9 Å². The van der Waals surface area contributed by atoms with Gasteiger partial charge in [0.15, 0.2) is 5.13 Å². The highest BCUT2D eigenvalue weighted by molar-refractivity contribution is 7.89. The second-order valence-electron chi connectivity index (χ2n) is 6.08. The van der Waals surface area contributed by atoms with Crippen LogP contribution < -0.4 is 10.0 Å². The zero-order valence-corrected chi connectivity index (χ0v) is 18.0. The molecule has 0 spiro atoms. The van der Waals surface area contributed by atoms with Crippen molar-refractivity contribution in [1.82, 2.24) is 4.98 Å². The van der Waals surface area contributed by atoms with E-state index in [2.05, 4.69) is 4.98 Å². The first-order valence-electron chi connectivity index (χ1n) is 8.46. The number of halogens is 1. The molecule has 3 rings (SSSR count). The second-order valence-corrected chi connectivity index (χ2v) is 8.85. The minimum Gasteiger partial charge on any atom is -0.456 e. The van der Waals surface area contributed by atoms with E-state index < -0.39 is 16.0 Å². The number of nitrogens with zero attached hydrogens (tertiary/aromatic N) is 2. The van der Waals surface area contributed by atoms with Gasteiger partial charge in [0.05, 0.1) is 22.0 Å². The molecule has 0 radical (unpaired) electrons. The number of esters is 1. The molecule has 156 valence electrons. The van der Waals surface area contributed by atoms with Gasteiger partial charge >= 0.3 is 5.97 Å². The molecule has 2 aromatic carbocycles. The van der Waals surface area contributed by atoms with Gasteiger partial charge in [-0.3, -0.25) is 9.69 Å². The van der Waals surface area contributed by atoms with E-state index in [1.807, 2.05) is 18.2 Å². The monoisotopic (exact) mass is 465 g/mol. The third-order valence-electron chi connectivity index (χ3n) is 3.88. The van der Waals surface area contributed by atoms with Crippen molar-refractivity contribution in [3.8, 4) is 0 Å². The molecule has 0 aliphatic carbocycles. The van der Waals surface area contributed by atoms with Gasteiger partial charge in [0.2, 0.25) is 15.9 Å². The smallest absolute Gasteiger partial charge is 0.338 e. The van der Waals surface area contributed by atoms with E-state index in [0.29, 0.717) is 16.5 Å². The molecular formula is C19H16ClN3O5S2. The first-order valence-corrected chi connectivity index (χ1v) is 11.3. The Bertz CT molecular complexity index is 1200. The number of carbonyl (C=O) groups is 2. The molecule has 2 N–H and O–H groups in total. The van der Waals surface area contributed by atoms with E-state index >= 15 is 0 Å². The predicted octanol–water partition coefficient (Wildman–Crippen LogP) is 3.49. The topological polar surface area (TPSA) is 120 Å². The molecule has 0 saturated heterocycles. The maximum atomic E-state index is 12.3. The standard InChI is InChI=1S/C19H16ClN3O5S2/c1-12(24)23(15-5-3-2-4-6-15)19-22-14(11-29-19)10-28-18(25)13-7-8-16(20)17(9-13)30(21,26)27/h2-9,11H,10H2,1H3,(H2,21,26,27). The number of thiazole rings is 1. The number of aromatic nitrogens is 1. The lowest BCUT2D eigenvalue weighted by Crippen LogP contribution is -2.22. The molecule has 30 heavy (non-hydrogen) atoms. The number of amides is 1. The Labute approximate surface area is 181 Å². The Morgan fingerprint density at radius 3 is 2.53 bits per heavy atom. The van der Waals surface area contributed by atoms with Crippen LogP contribution in [0.2, 0.25) is 5.02 Å². The number of rotatable bonds is 6. The summed E-state index contributed by atoms with van der Waals surface area (Å²) in [5.41, 5.74) is 1.08. The summed E-state index contributed by atoms with van der Waals surface area (Å²) in [6.45, 7) is 1.26. The average Bonchev–Trinajstić information content (AvgIpc) is 3.14. The zero-order valence-electron chi connectivity index (χ0n) is 15.6. The zero-order chi connectivity index (χ0) is 21.9. The molecule has 0 unspecified atom stereocenters. The molecule has 1 heterocycles. The van der Waals surface area contributed by atoms with E-state index in [1.54, 1.807) is 17.5 Å². The fraction of sp³-hybridized carbons (Fsp3) is 0.105. The van der Waals surface area contributed by atoms with Crippen molar-refractivity contribution in [1.29, 1.82) is 0 Å². The van der Waals surface area contributed by atoms with E-state index in [0.717, 1.165) is 6.07 Å². The van der Waals surface area contributed by atoms with Gasteiger partial charge in [-0.25, -0.2) is 23.3 Å². The predicted molar refractivity (Wildman–Crippen MR) is 113 cm³/mol. The minimum absolute atomic E-state index is 0.0199. The van der Waals surface area contributed by atoms with Crippen LogP contribution in [0.3, 0.4) is 0 Å². The van der Waals surface area contributed by atoms with Crippen molar-refractivity contribution in [2.45, 2.75) is 18.4 Å². The lowest BCUT2D eigenvalue weighted by Gasteiger charge is -2.17. The average molecular weight is 466 g/mol. The van der Waals surface area contributed by atoms with Gasteiger partial charge < -0.3 is 4.74 Å². The lowest BCUT2D eigenvalue weighted by atomic mass is 10.2. The van der Waals surface area contributed by atoms with Gasteiger partial charge in [-0.1, -0.05) is 29.8 Å². The van der Waals surface area contributed by atoms with Crippen molar-refractivity contribution >= 4 is 55.7 Å². The number of para-hydroxylation sites is 1. The number of benzene rings is 2. The fourth-order valence-electron chi connectivity index (χ4n) is 2.54. The Kier molecular flexibility index (Phi) is 6.52. The highest BCUT2D eigenvalue weighted by atomic mass is 35.5. The van der Waals surface area contributed by atoms with Crippen LogP contribution in [0.5, 0.6) is 0 Å². The first-order chi connectivity index (χ1) is 14.2. The van der Waals surface area contributed by atoms with Gasteiger partial charge in [0.1, 0.15) is 11.5 Å². The first kappa shape index (κ1) is 21.9. The Morgan fingerprint density at radius 2 is 1.90 bits per heavy atom. The summed E-state index contributed by atoms with van der Waals surface area (Å²) in [4.78, 5) is 29.8. The van der Waals surface area contributed by atoms with Gasteiger partial charge in [0, 0.05) is 12.3 Å². The van der Waals surface area contributed by atoms with E-state index in [-0.39, 0.29) is 28.0 Å². The summed E-state index contributed by atoms with van der Waals surface area (Å²) in [6.07, 6.45) is 0. The third kappa shape index (κ3) is 5.03. The van der Waals surface area contributed by atoms with Gasteiger partial charge in [-0.05, 0) is 30.3 Å². The minimum atomic E-state index is -4.09. The van der Waals surface area contributed by atoms with Crippen LogP contribution in [0.1, 0.15) is 23.0 Å². The summed E-state index contributed by atoms with van der Waals surface area (Å²) in [6, 6.07) is 12.7. The van der Waals surface area contributed by atoms with Crippen LogP contribution in [0.15, 0.2) is 58.8 Å². The van der Waals surface area contributed by atoms with Crippen molar-refractivity contribution in [2.24, 2.45) is 5.14 Å². The molecule has 0 fully saturated rings. The number of sulfonamides is 1. The number of hydrogen-bond acceptors (Lipinski definition) is 7. The van der Waals surface area contributed by atoms with Crippen LogP contribution in [0, 0.1) is 0 Å². The number of carbonyl (C=O) groups excluding carboxylic acids is 2. The van der Waals surface area contributed by atoms with Crippen LogP contribution in [0.4, 0.5) is 10.8 Å². The number of primary sulfonamides is 1. The van der Waals surface area contributed by atoms with Crippen LogP contribution in [-0.2, 0) is 26.2 Å². The molecule has 0 saturated carbocycles. The molecule has 1 amide bonds. The van der Waals surface area contributed by atoms with Crippen molar-refractivity contribution in [3.05, 3.63) is 70.2 Å². The third-order valence-corrected chi connectivity index (χ3v) is 6.15. The Morgan fingerprint density at radius 1 is 1.20 bits per heavy atom. The van der Waals surface area contributed by atoms with Crippen molar-refractivity contribution in [2.75, 3.05) is 4.90 Å². The molecule has 8 nitrogen and oxygen atoms in total. The molecule has 0 aliphatic heterocycles. The highest BCUT2D eigenvalue weighted by Gasteiger charge is 2.20. The highest BCUT2D eigenvalue weighted by Crippen LogP contribution is 2.29. The van der Waals surface area contributed by atoms with Crippen molar-refractivity contribution in [3.63, 3.8) is 0 Å². The normalized spacial score (nSPS) is 11.2. The quantitative estimate of drug-likeness (QED) is 0.556. The number of ether oxygens (including phenoxy) is 1. The molecule has 1 aromatic heterocycles. The number of anilines is 2. The summed E-state index contributed by atoms with van der Waals surface area (Å²) in [7, 11) is -4.09. The SMILES string of the molecule is CC(=O)N(c1ccccc1)c1nc(COC(=O)c2ccc(Cl)c(S(N)(=O)=O)c2)cs1. The molecule has 0 aliphatic rings. The molecule has 0 atom stereocenters. The summed E-state index contributed by atoms with van der Waals surface area (Å²) < 4.78 is 28.3. The van der Waals surface area contributed by atoms with E-state index in [9.17, 15) is 18.0 Å². The van der Waals surface area contributed by atoms with Gasteiger partial charge in [-0.2, -0.15) is 0 Å². The van der Waals surface area contributed by atoms with Crippen molar-refractivity contribution < 1.29 is 22.7 Å². The number of nitrogens with two attached hydrogens (primary N) is 1. The number of hydrogen-bond donors (Lipinski definition) is 1. The second kappa shape index (κ2) is 8.92. The molecular weight excluding hydrogens is 450 g/mol. The van der Waals surface area contributed by atoms with Crippen LogP contribution in [-0.4, -0.2) is 25.3 Å². The Hall–Kier alpha value is -2.79. The molecule has 0 bridgehead atoms. The van der Waals surface area contributed by atoms with E-state index in [1.165, 1.54) is 35.3 Å². The summed E-state index contributed by atoms with van der Waals surface area (Å²) >= 11 is 7.04. The largest absolute Gasteiger partial charge is 0.456 e.